The fraction of sp³-hybridized carbons (Fsp3) is 0. The number of H-pyrrole nitrogens is 1. The highest BCUT2D eigenvalue weighted by molar-refractivity contribution is 6.00. The van der Waals surface area contributed by atoms with E-state index in [2.05, 4.69) is 16.0 Å². The van der Waals surface area contributed by atoms with Crippen LogP contribution in [0.2, 0.25) is 0 Å². The van der Waals surface area contributed by atoms with Crippen molar-refractivity contribution < 1.29 is 0 Å². The van der Waals surface area contributed by atoms with Gasteiger partial charge >= 0.3 is 0 Å². The first-order valence-electron chi connectivity index (χ1n) is 7.84. The van der Waals surface area contributed by atoms with E-state index in [9.17, 15) is 10.1 Å². The highest BCUT2D eigenvalue weighted by atomic mass is 16.1. The Morgan fingerprint density at radius 1 is 0.880 bits per heavy atom. The van der Waals surface area contributed by atoms with Gasteiger partial charge in [-0.3, -0.25) is 9.78 Å². The number of rotatable bonds is 2. The SMILES string of the molecule is N#Cc1[nH]c(=O)c2ccc(-c3cccnc3)cc2c1-c1ccccc1. The lowest BCUT2D eigenvalue weighted by atomic mass is 9.95. The minimum atomic E-state index is -0.260. The molecule has 0 aliphatic heterocycles. The van der Waals surface area contributed by atoms with Gasteiger partial charge in [0.15, 0.2) is 0 Å². The molecule has 4 heteroatoms. The second kappa shape index (κ2) is 6.06. The molecule has 4 aromatic rings. The van der Waals surface area contributed by atoms with E-state index in [0.717, 1.165) is 27.6 Å². The van der Waals surface area contributed by atoms with Crippen molar-refractivity contribution in [2.45, 2.75) is 0 Å². The van der Waals surface area contributed by atoms with Gasteiger partial charge in [-0.15, -0.1) is 0 Å². The van der Waals surface area contributed by atoms with Crippen LogP contribution < -0.4 is 5.56 Å². The Balaban J connectivity index is 2.10. The number of nitrogens with one attached hydrogen (secondary N) is 1. The summed E-state index contributed by atoms with van der Waals surface area (Å²) >= 11 is 0. The molecule has 2 aromatic heterocycles. The number of nitrogens with zero attached hydrogens (tertiary/aromatic N) is 2. The van der Waals surface area contributed by atoms with Crippen molar-refractivity contribution in [1.82, 2.24) is 9.97 Å². The third kappa shape index (κ3) is 2.58. The number of hydrogen-bond donors (Lipinski definition) is 1. The predicted molar refractivity (Wildman–Crippen MR) is 98.0 cm³/mol. The van der Waals surface area contributed by atoms with Crippen molar-refractivity contribution in [1.29, 1.82) is 5.26 Å². The lowest BCUT2D eigenvalue weighted by Gasteiger charge is -2.11. The minimum absolute atomic E-state index is 0.260. The van der Waals surface area contributed by atoms with Gasteiger partial charge in [0.1, 0.15) is 11.8 Å². The number of aromatic nitrogens is 2. The maximum absolute atomic E-state index is 12.4. The average molecular weight is 323 g/mol. The summed E-state index contributed by atoms with van der Waals surface area (Å²) in [4.78, 5) is 19.2. The van der Waals surface area contributed by atoms with Crippen LogP contribution in [-0.2, 0) is 0 Å². The number of nitriles is 1. The normalized spacial score (nSPS) is 10.5. The molecule has 0 aliphatic carbocycles. The zero-order valence-electron chi connectivity index (χ0n) is 13.2. The molecule has 0 radical (unpaired) electrons. The Morgan fingerprint density at radius 3 is 2.40 bits per heavy atom. The van der Waals surface area contributed by atoms with Gasteiger partial charge in [-0.2, -0.15) is 5.26 Å². The van der Waals surface area contributed by atoms with Gasteiger partial charge in [-0.1, -0.05) is 42.5 Å². The molecule has 2 aromatic carbocycles. The zero-order valence-corrected chi connectivity index (χ0v) is 13.2. The molecule has 25 heavy (non-hydrogen) atoms. The molecule has 0 fully saturated rings. The molecule has 0 unspecified atom stereocenters. The maximum atomic E-state index is 12.4. The third-order valence-corrected chi connectivity index (χ3v) is 4.19. The van der Waals surface area contributed by atoms with Crippen molar-refractivity contribution in [3.63, 3.8) is 0 Å². The summed E-state index contributed by atoms with van der Waals surface area (Å²) in [6.45, 7) is 0. The lowest BCUT2D eigenvalue weighted by Crippen LogP contribution is -2.10. The van der Waals surface area contributed by atoms with Crippen LogP contribution in [0.4, 0.5) is 0 Å². The molecule has 2 heterocycles. The summed E-state index contributed by atoms with van der Waals surface area (Å²) in [5.41, 5.74) is 3.55. The number of fused-ring (bicyclic) bond motifs is 1. The van der Waals surface area contributed by atoms with Gasteiger partial charge in [0.25, 0.3) is 5.56 Å². The Kier molecular flexibility index (Phi) is 3.60. The van der Waals surface area contributed by atoms with E-state index in [1.54, 1.807) is 18.5 Å². The Labute approximate surface area is 144 Å². The van der Waals surface area contributed by atoms with Crippen molar-refractivity contribution >= 4 is 10.8 Å². The first-order valence-corrected chi connectivity index (χ1v) is 7.84. The Bertz CT molecular complexity index is 1160. The van der Waals surface area contributed by atoms with E-state index in [0.29, 0.717) is 5.39 Å². The van der Waals surface area contributed by atoms with Crippen molar-refractivity contribution in [2.75, 3.05) is 0 Å². The van der Waals surface area contributed by atoms with Crippen LogP contribution in [0.5, 0.6) is 0 Å². The monoisotopic (exact) mass is 323 g/mol. The third-order valence-electron chi connectivity index (χ3n) is 4.19. The highest BCUT2D eigenvalue weighted by Gasteiger charge is 2.14. The molecule has 0 atom stereocenters. The van der Waals surface area contributed by atoms with Crippen molar-refractivity contribution in [3.8, 4) is 28.3 Å². The van der Waals surface area contributed by atoms with E-state index in [4.69, 9.17) is 0 Å². The van der Waals surface area contributed by atoms with Gasteiger partial charge in [0.2, 0.25) is 0 Å². The van der Waals surface area contributed by atoms with Crippen molar-refractivity contribution in [3.05, 3.63) is 89.1 Å². The fourth-order valence-electron chi connectivity index (χ4n) is 3.03. The first kappa shape index (κ1) is 14.9. The molecule has 4 nitrogen and oxygen atoms in total. The molecule has 0 saturated heterocycles. The number of pyridine rings is 2. The van der Waals surface area contributed by atoms with Gasteiger partial charge in [0, 0.05) is 28.9 Å². The molecular formula is C21H13N3O. The summed E-state index contributed by atoms with van der Waals surface area (Å²) in [6, 6.07) is 21.2. The first-order chi connectivity index (χ1) is 12.3. The van der Waals surface area contributed by atoms with E-state index >= 15 is 0 Å². The second-order valence-corrected chi connectivity index (χ2v) is 5.68. The summed E-state index contributed by atoms with van der Waals surface area (Å²) in [7, 11) is 0. The highest BCUT2D eigenvalue weighted by Crippen LogP contribution is 2.32. The molecule has 0 saturated carbocycles. The topological polar surface area (TPSA) is 69.5 Å². The minimum Gasteiger partial charge on any atom is -0.313 e. The lowest BCUT2D eigenvalue weighted by molar-refractivity contribution is 1.23. The molecular weight excluding hydrogens is 310 g/mol. The van der Waals surface area contributed by atoms with Crippen LogP contribution in [0.1, 0.15) is 5.69 Å². The van der Waals surface area contributed by atoms with E-state index in [1.807, 2.05) is 54.6 Å². The van der Waals surface area contributed by atoms with Crippen LogP contribution in [0.15, 0.2) is 77.9 Å². The number of hydrogen-bond acceptors (Lipinski definition) is 3. The number of benzene rings is 2. The number of aromatic amines is 1. The van der Waals surface area contributed by atoms with E-state index in [-0.39, 0.29) is 11.3 Å². The van der Waals surface area contributed by atoms with Crippen LogP contribution in [0.3, 0.4) is 0 Å². The van der Waals surface area contributed by atoms with Crippen molar-refractivity contribution in [2.24, 2.45) is 0 Å². The fourth-order valence-corrected chi connectivity index (χ4v) is 3.03. The molecule has 1 N–H and O–H groups in total. The molecule has 0 aliphatic rings. The summed E-state index contributed by atoms with van der Waals surface area (Å²) in [6.07, 6.45) is 3.50. The summed E-state index contributed by atoms with van der Waals surface area (Å²) in [5.74, 6) is 0. The predicted octanol–water partition coefficient (Wildman–Crippen LogP) is 4.13. The zero-order chi connectivity index (χ0) is 17.2. The smallest absolute Gasteiger partial charge is 0.256 e. The van der Waals surface area contributed by atoms with Crippen LogP contribution in [0.25, 0.3) is 33.0 Å². The molecule has 0 bridgehead atoms. The molecule has 0 spiro atoms. The maximum Gasteiger partial charge on any atom is 0.256 e. The summed E-state index contributed by atoms with van der Waals surface area (Å²) < 4.78 is 0. The molecule has 4 rings (SSSR count). The molecule has 118 valence electrons. The van der Waals surface area contributed by atoms with Crippen LogP contribution in [0, 0.1) is 11.3 Å². The van der Waals surface area contributed by atoms with E-state index < -0.39 is 0 Å². The van der Waals surface area contributed by atoms with Crippen LogP contribution in [-0.4, -0.2) is 9.97 Å². The van der Waals surface area contributed by atoms with Crippen LogP contribution >= 0.6 is 0 Å². The van der Waals surface area contributed by atoms with Gasteiger partial charge in [-0.25, -0.2) is 0 Å². The van der Waals surface area contributed by atoms with Gasteiger partial charge < -0.3 is 4.98 Å². The standard InChI is InChI=1S/C21H13N3O/c22-12-19-20(14-5-2-1-3-6-14)18-11-15(16-7-4-10-23-13-16)8-9-17(18)21(25)24-19/h1-11,13H,(H,24,25). The van der Waals surface area contributed by atoms with E-state index in [1.165, 1.54) is 0 Å². The average Bonchev–Trinajstić information content (AvgIpc) is 2.68. The Hall–Kier alpha value is -3.71. The van der Waals surface area contributed by atoms with Gasteiger partial charge in [0.05, 0.1) is 0 Å². The largest absolute Gasteiger partial charge is 0.313 e. The quantitative estimate of drug-likeness (QED) is 0.603. The summed E-state index contributed by atoms with van der Waals surface area (Å²) in [5, 5.41) is 10.8. The Morgan fingerprint density at radius 2 is 1.68 bits per heavy atom. The van der Waals surface area contributed by atoms with Gasteiger partial charge in [-0.05, 0) is 34.7 Å². The molecule has 0 amide bonds. The second-order valence-electron chi connectivity index (χ2n) is 5.68.